The zero-order valence-electron chi connectivity index (χ0n) is 6.54. The molecule has 0 aliphatic heterocycles. The van der Waals surface area contributed by atoms with E-state index in [9.17, 15) is 0 Å². The van der Waals surface area contributed by atoms with E-state index >= 15 is 0 Å². The second-order valence-electron chi connectivity index (χ2n) is 2.56. The minimum atomic E-state index is 0.184. The van der Waals surface area contributed by atoms with E-state index in [0.717, 1.165) is 9.90 Å². The smallest absolute Gasteiger partial charge is 0.0949 e. The van der Waals surface area contributed by atoms with Crippen molar-refractivity contribution in [3.63, 3.8) is 0 Å². The second-order valence-corrected chi connectivity index (χ2v) is 5.22. The lowest BCUT2D eigenvalue weighted by molar-refractivity contribution is 0.564. The average Bonchev–Trinajstić information content (AvgIpc) is 2.72. The van der Waals surface area contributed by atoms with Crippen LogP contribution >= 0.6 is 38.9 Å². The lowest BCUT2D eigenvalue weighted by Gasteiger charge is -2.02. The number of hydrogen-bond acceptors (Lipinski definition) is 2. The first kappa shape index (κ1) is 9.31. The molecule has 0 fully saturated rings. The molecule has 0 aliphatic rings. The van der Waals surface area contributed by atoms with E-state index in [0.29, 0.717) is 0 Å². The lowest BCUT2D eigenvalue weighted by atomic mass is 10.2. The van der Waals surface area contributed by atoms with E-state index in [1.807, 2.05) is 18.2 Å². The van der Waals surface area contributed by atoms with E-state index in [4.69, 9.17) is 16.0 Å². The van der Waals surface area contributed by atoms with Crippen molar-refractivity contribution in [2.24, 2.45) is 0 Å². The van der Waals surface area contributed by atoms with Gasteiger partial charge in [-0.25, -0.2) is 0 Å². The quantitative estimate of drug-likeness (QED) is 0.738. The third-order valence-corrected chi connectivity index (χ3v) is 4.30. The van der Waals surface area contributed by atoms with Crippen LogP contribution in [0.2, 0.25) is 4.34 Å². The Labute approximate surface area is 93.5 Å². The molecule has 0 amide bonds. The molecular formula is C9H6BrClOS. The number of rotatable bonds is 2. The van der Waals surface area contributed by atoms with Gasteiger partial charge in [0.2, 0.25) is 0 Å². The maximum absolute atomic E-state index is 5.84. The van der Waals surface area contributed by atoms with Gasteiger partial charge in [0, 0.05) is 10.4 Å². The molecule has 0 aliphatic carbocycles. The van der Waals surface area contributed by atoms with Crippen LogP contribution in [-0.4, -0.2) is 0 Å². The van der Waals surface area contributed by atoms with Gasteiger partial charge in [-0.3, -0.25) is 0 Å². The Morgan fingerprint density at radius 2 is 2.23 bits per heavy atom. The van der Waals surface area contributed by atoms with Crippen molar-refractivity contribution in [3.05, 3.63) is 45.5 Å². The molecular weight excluding hydrogens is 272 g/mol. The van der Waals surface area contributed by atoms with Crippen molar-refractivity contribution in [1.29, 1.82) is 0 Å². The Balaban J connectivity index is 2.28. The monoisotopic (exact) mass is 276 g/mol. The van der Waals surface area contributed by atoms with Crippen LogP contribution in [0.25, 0.3) is 0 Å². The predicted molar refractivity (Wildman–Crippen MR) is 58.8 cm³/mol. The summed E-state index contributed by atoms with van der Waals surface area (Å²) in [5.41, 5.74) is 1.11. The van der Waals surface area contributed by atoms with E-state index in [2.05, 4.69) is 15.9 Å². The first-order valence-electron chi connectivity index (χ1n) is 3.69. The number of alkyl halides is 1. The number of thiophene rings is 1. The number of halogens is 2. The zero-order chi connectivity index (χ0) is 9.26. The van der Waals surface area contributed by atoms with Gasteiger partial charge in [-0.15, -0.1) is 11.3 Å². The number of furan rings is 1. The standard InChI is InChI=1S/C9H6BrClOS/c10-9(6-3-4-12-5-6)7-1-2-8(11)13-7/h1-5,9H. The van der Waals surface area contributed by atoms with Gasteiger partial charge in [-0.05, 0) is 18.2 Å². The first-order valence-corrected chi connectivity index (χ1v) is 5.80. The first-order chi connectivity index (χ1) is 6.27. The molecule has 2 aromatic heterocycles. The molecule has 13 heavy (non-hydrogen) atoms. The van der Waals surface area contributed by atoms with Gasteiger partial charge >= 0.3 is 0 Å². The minimum Gasteiger partial charge on any atom is -0.472 e. The van der Waals surface area contributed by atoms with Crippen molar-refractivity contribution in [2.45, 2.75) is 4.83 Å². The summed E-state index contributed by atoms with van der Waals surface area (Å²) in [6.45, 7) is 0. The fraction of sp³-hybridized carbons (Fsp3) is 0.111. The molecule has 0 saturated heterocycles. The van der Waals surface area contributed by atoms with Crippen molar-refractivity contribution in [2.75, 3.05) is 0 Å². The average molecular weight is 278 g/mol. The van der Waals surface area contributed by atoms with Crippen LogP contribution in [0.5, 0.6) is 0 Å². The summed E-state index contributed by atoms with van der Waals surface area (Å²) in [6.07, 6.45) is 3.39. The summed E-state index contributed by atoms with van der Waals surface area (Å²) in [5.74, 6) is 0. The molecule has 1 nitrogen and oxygen atoms in total. The van der Waals surface area contributed by atoms with Crippen molar-refractivity contribution >= 4 is 38.9 Å². The van der Waals surface area contributed by atoms with E-state index < -0.39 is 0 Å². The second kappa shape index (κ2) is 3.86. The predicted octanol–water partition coefficient (Wildman–Crippen LogP) is 4.48. The van der Waals surface area contributed by atoms with Crippen molar-refractivity contribution in [1.82, 2.24) is 0 Å². The molecule has 0 aromatic carbocycles. The molecule has 0 bridgehead atoms. The SMILES string of the molecule is Clc1ccc(C(Br)c2ccoc2)s1. The summed E-state index contributed by atoms with van der Waals surface area (Å²) in [7, 11) is 0. The van der Waals surface area contributed by atoms with Crippen LogP contribution in [0.3, 0.4) is 0 Å². The van der Waals surface area contributed by atoms with Gasteiger partial charge in [0.15, 0.2) is 0 Å². The van der Waals surface area contributed by atoms with Crippen LogP contribution in [0.15, 0.2) is 35.1 Å². The van der Waals surface area contributed by atoms with Crippen LogP contribution in [0.1, 0.15) is 15.3 Å². The molecule has 0 spiro atoms. The Morgan fingerprint density at radius 1 is 1.38 bits per heavy atom. The maximum Gasteiger partial charge on any atom is 0.0949 e. The summed E-state index contributed by atoms with van der Waals surface area (Å²) >= 11 is 11.0. The zero-order valence-corrected chi connectivity index (χ0v) is 9.69. The molecule has 1 atom stereocenters. The van der Waals surface area contributed by atoms with E-state index in [1.54, 1.807) is 23.9 Å². The van der Waals surface area contributed by atoms with Crippen molar-refractivity contribution < 1.29 is 4.42 Å². The molecule has 2 heterocycles. The highest BCUT2D eigenvalue weighted by Gasteiger charge is 2.13. The highest BCUT2D eigenvalue weighted by atomic mass is 79.9. The summed E-state index contributed by atoms with van der Waals surface area (Å²) in [4.78, 5) is 1.37. The van der Waals surface area contributed by atoms with Gasteiger partial charge in [0.05, 0.1) is 21.7 Å². The van der Waals surface area contributed by atoms with Crippen LogP contribution in [0, 0.1) is 0 Å². The Kier molecular flexibility index (Phi) is 2.77. The molecule has 0 N–H and O–H groups in total. The Morgan fingerprint density at radius 3 is 2.77 bits per heavy atom. The molecule has 1 unspecified atom stereocenters. The molecule has 68 valence electrons. The molecule has 4 heteroatoms. The Hall–Kier alpha value is -0.250. The summed E-state index contributed by atoms with van der Waals surface area (Å²) in [5, 5.41) is 0. The van der Waals surface area contributed by atoms with E-state index in [-0.39, 0.29) is 4.83 Å². The molecule has 0 radical (unpaired) electrons. The normalized spacial score (nSPS) is 13.1. The largest absolute Gasteiger partial charge is 0.472 e. The van der Waals surface area contributed by atoms with Crippen LogP contribution in [0.4, 0.5) is 0 Å². The molecule has 2 rings (SSSR count). The Bertz CT molecular complexity index is 382. The van der Waals surface area contributed by atoms with Crippen molar-refractivity contribution in [3.8, 4) is 0 Å². The van der Waals surface area contributed by atoms with Gasteiger partial charge < -0.3 is 4.42 Å². The van der Waals surface area contributed by atoms with Crippen LogP contribution in [-0.2, 0) is 0 Å². The van der Waals surface area contributed by atoms with Gasteiger partial charge in [-0.2, -0.15) is 0 Å². The topological polar surface area (TPSA) is 13.1 Å². The van der Waals surface area contributed by atoms with E-state index in [1.165, 1.54) is 4.88 Å². The fourth-order valence-electron chi connectivity index (χ4n) is 1.05. The third-order valence-electron chi connectivity index (χ3n) is 1.68. The molecule has 0 saturated carbocycles. The van der Waals surface area contributed by atoms with Gasteiger partial charge in [0.25, 0.3) is 0 Å². The highest BCUT2D eigenvalue weighted by Crippen LogP contribution is 2.36. The number of hydrogen-bond donors (Lipinski definition) is 0. The summed E-state index contributed by atoms with van der Waals surface area (Å²) < 4.78 is 5.81. The van der Waals surface area contributed by atoms with Gasteiger partial charge in [-0.1, -0.05) is 27.5 Å². The molecule has 2 aromatic rings. The fourth-order valence-corrected chi connectivity index (χ4v) is 2.81. The summed E-state index contributed by atoms with van der Waals surface area (Å²) in [6, 6.07) is 5.85. The van der Waals surface area contributed by atoms with Crippen LogP contribution < -0.4 is 0 Å². The lowest BCUT2D eigenvalue weighted by Crippen LogP contribution is -1.84. The highest BCUT2D eigenvalue weighted by molar-refractivity contribution is 9.09. The maximum atomic E-state index is 5.84. The van der Waals surface area contributed by atoms with Gasteiger partial charge in [0.1, 0.15) is 0 Å². The minimum absolute atomic E-state index is 0.184. The third kappa shape index (κ3) is 1.98.